The molecule has 0 radical (unpaired) electrons. The van der Waals surface area contributed by atoms with Crippen molar-refractivity contribution in [2.45, 2.75) is 53.0 Å². The summed E-state index contributed by atoms with van der Waals surface area (Å²) >= 11 is 0. The van der Waals surface area contributed by atoms with Gasteiger partial charge in [0.2, 0.25) is 11.8 Å². The highest BCUT2D eigenvalue weighted by Crippen LogP contribution is 2.22. The fourth-order valence-electron chi connectivity index (χ4n) is 2.53. The van der Waals surface area contributed by atoms with E-state index in [0.29, 0.717) is 13.0 Å². The minimum absolute atomic E-state index is 0.122. The van der Waals surface area contributed by atoms with Crippen molar-refractivity contribution in [3.05, 3.63) is 0 Å². The number of hydrogen-bond donors (Lipinski definition) is 0. The van der Waals surface area contributed by atoms with Crippen LogP contribution in [0.1, 0.15) is 47.0 Å². The monoisotopic (exact) mass is 254 g/mol. The zero-order valence-corrected chi connectivity index (χ0v) is 12.1. The first-order valence-electron chi connectivity index (χ1n) is 7.09. The molecule has 1 saturated heterocycles. The second-order valence-electron chi connectivity index (χ2n) is 5.37. The van der Waals surface area contributed by atoms with Crippen LogP contribution < -0.4 is 0 Å². The molecule has 1 aliphatic rings. The van der Waals surface area contributed by atoms with Crippen molar-refractivity contribution >= 4 is 11.8 Å². The number of hydrogen-bond acceptors (Lipinski definition) is 2. The van der Waals surface area contributed by atoms with Crippen LogP contribution >= 0.6 is 0 Å². The van der Waals surface area contributed by atoms with Crippen LogP contribution in [0.4, 0.5) is 0 Å². The predicted molar refractivity (Wildman–Crippen MR) is 72.1 cm³/mol. The molecule has 1 rings (SSSR count). The standard InChI is InChI=1S/C14H26N2O2/c1-5-7-15(8-6-2)14(18)12-9-13(17)16(10-12)11(3)4/h11-12H,5-10H2,1-4H3. The Balaban J connectivity index is 2.64. The molecular weight excluding hydrogens is 228 g/mol. The summed E-state index contributed by atoms with van der Waals surface area (Å²) in [5.41, 5.74) is 0. The van der Waals surface area contributed by atoms with Crippen molar-refractivity contribution in [3.8, 4) is 0 Å². The maximum absolute atomic E-state index is 12.4. The summed E-state index contributed by atoms with van der Waals surface area (Å²) in [6.07, 6.45) is 2.33. The fraction of sp³-hybridized carbons (Fsp3) is 0.857. The van der Waals surface area contributed by atoms with E-state index in [2.05, 4.69) is 13.8 Å². The van der Waals surface area contributed by atoms with Crippen LogP contribution in [0, 0.1) is 5.92 Å². The van der Waals surface area contributed by atoms with Gasteiger partial charge in [-0.3, -0.25) is 9.59 Å². The third kappa shape index (κ3) is 3.47. The number of rotatable bonds is 6. The number of carbonyl (C=O) groups is 2. The molecule has 1 fully saturated rings. The van der Waals surface area contributed by atoms with Gasteiger partial charge in [-0.2, -0.15) is 0 Å². The average Bonchev–Trinajstić information content (AvgIpc) is 2.70. The highest BCUT2D eigenvalue weighted by Gasteiger charge is 2.37. The Bertz CT molecular complexity index is 296. The molecule has 18 heavy (non-hydrogen) atoms. The summed E-state index contributed by atoms with van der Waals surface area (Å²) in [6, 6.07) is 0.195. The van der Waals surface area contributed by atoms with Crippen molar-refractivity contribution in [3.63, 3.8) is 0 Å². The maximum Gasteiger partial charge on any atom is 0.227 e. The van der Waals surface area contributed by atoms with E-state index in [-0.39, 0.29) is 23.8 Å². The Morgan fingerprint density at radius 2 is 1.89 bits per heavy atom. The number of amides is 2. The van der Waals surface area contributed by atoms with E-state index in [0.717, 1.165) is 25.9 Å². The first-order valence-corrected chi connectivity index (χ1v) is 7.09. The molecule has 0 aliphatic carbocycles. The molecule has 0 bridgehead atoms. The number of nitrogens with zero attached hydrogens (tertiary/aromatic N) is 2. The highest BCUT2D eigenvalue weighted by atomic mass is 16.2. The lowest BCUT2D eigenvalue weighted by atomic mass is 10.1. The molecule has 0 aromatic rings. The van der Waals surface area contributed by atoms with Crippen LogP contribution in [0.2, 0.25) is 0 Å². The Labute approximate surface area is 110 Å². The molecule has 1 heterocycles. The lowest BCUT2D eigenvalue weighted by Crippen LogP contribution is -2.39. The van der Waals surface area contributed by atoms with Crippen LogP contribution in [0.15, 0.2) is 0 Å². The first-order chi connectivity index (χ1) is 8.51. The van der Waals surface area contributed by atoms with Gasteiger partial charge in [0.1, 0.15) is 0 Å². The van der Waals surface area contributed by atoms with Gasteiger partial charge in [-0.25, -0.2) is 0 Å². The van der Waals surface area contributed by atoms with Crippen LogP contribution in [-0.2, 0) is 9.59 Å². The summed E-state index contributed by atoms with van der Waals surface area (Å²) in [6.45, 7) is 10.4. The van der Waals surface area contributed by atoms with Gasteiger partial charge in [0.05, 0.1) is 5.92 Å². The molecule has 0 aromatic carbocycles. The molecule has 0 aromatic heterocycles. The Morgan fingerprint density at radius 1 is 1.33 bits per heavy atom. The fourth-order valence-corrected chi connectivity index (χ4v) is 2.53. The smallest absolute Gasteiger partial charge is 0.227 e. The van der Waals surface area contributed by atoms with E-state index >= 15 is 0 Å². The molecule has 2 amide bonds. The second-order valence-corrected chi connectivity index (χ2v) is 5.37. The normalized spacial score (nSPS) is 19.7. The summed E-state index contributed by atoms with van der Waals surface area (Å²) in [5, 5.41) is 0. The molecule has 0 spiro atoms. The summed E-state index contributed by atoms with van der Waals surface area (Å²) in [4.78, 5) is 27.9. The van der Waals surface area contributed by atoms with Gasteiger partial charge in [0.25, 0.3) is 0 Å². The van der Waals surface area contributed by atoms with Gasteiger partial charge in [-0.15, -0.1) is 0 Å². The zero-order valence-electron chi connectivity index (χ0n) is 12.1. The van der Waals surface area contributed by atoms with Crippen molar-refractivity contribution < 1.29 is 9.59 Å². The van der Waals surface area contributed by atoms with E-state index in [1.807, 2.05) is 23.6 Å². The summed E-state index contributed by atoms with van der Waals surface area (Å²) in [7, 11) is 0. The predicted octanol–water partition coefficient (Wildman–Crippen LogP) is 1.89. The Morgan fingerprint density at radius 3 is 2.28 bits per heavy atom. The lowest BCUT2D eigenvalue weighted by molar-refractivity contribution is -0.136. The average molecular weight is 254 g/mol. The summed E-state index contributed by atoms with van der Waals surface area (Å²) < 4.78 is 0. The quantitative estimate of drug-likeness (QED) is 0.726. The topological polar surface area (TPSA) is 40.6 Å². The third-order valence-electron chi connectivity index (χ3n) is 3.43. The van der Waals surface area contributed by atoms with Crippen LogP contribution in [0.3, 0.4) is 0 Å². The van der Waals surface area contributed by atoms with Gasteiger partial charge in [-0.1, -0.05) is 13.8 Å². The van der Waals surface area contributed by atoms with Gasteiger partial charge >= 0.3 is 0 Å². The lowest BCUT2D eigenvalue weighted by Gasteiger charge is -2.25. The molecule has 4 heteroatoms. The Kier molecular flexibility index (Phi) is 5.63. The molecule has 0 N–H and O–H groups in total. The molecular formula is C14H26N2O2. The molecule has 1 aliphatic heterocycles. The SMILES string of the molecule is CCCN(CCC)C(=O)C1CC(=O)N(C(C)C)C1. The molecule has 4 nitrogen and oxygen atoms in total. The van der Waals surface area contributed by atoms with Gasteiger partial charge < -0.3 is 9.80 Å². The minimum atomic E-state index is -0.127. The largest absolute Gasteiger partial charge is 0.342 e. The van der Waals surface area contributed by atoms with Gasteiger partial charge in [-0.05, 0) is 26.7 Å². The molecule has 104 valence electrons. The van der Waals surface area contributed by atoms with Crippen LogP contribution in [0.25, 0.3) is 0 Å². The van der Waals surface area contributed by atoms with Gasteiger partial charge in [0.15, 0.2) is 0 Å². The van der Waals surface area contributed by atoms with E-state index in [4.69, 9.17) is 0 Å². The first kappa shape index (κ1) is 15.0. The van der Waals surface area contributed by atoms with Crippen LogP contribution in [0.5, 0.6) is 0 Å². The van der Waals surface area contributed by atoms with E-state index in [9.17, 15) is 9.59 Å². The minimum Gasteiger partial charge on any atom is -0.342 e. The highest BCUT2D eigenvalue weighted by molar-refractivity contribution is 5.89. The second kappa shape index (κ2) is 6.76. The van der Waals surface area contributed by atoms with Gasteiger partial charge in [0, 0.05) is 32.1 Å². The van der Waals surface area contributed by atoms with Crippen LogP contribution in [-0.4, -0.2) is 47.3 Å². The van der Waals surface area contributed by atoms with E-state index in [1.54, 1.807) is 0 Å². The van der Waals surface area contributed by atoms with Crippen molar-refractivity contribution in [2.24, 2.45) is 5.92 Å². The molecule has 1 atom stereocenters. The Hall–Kier alpha value is -1.06. The maximum atomic E-state index is 12.4. The zero-order chi connectivity index (χ0) is 13.7. The molecule has 1 unspecified atom stereocenters. The summed E-state index contributed by atoms with van der Waals surface area (Å²) in [5.74, 6) is 0.157. The third-order valence-corrected chi connectivity index (χ3v) is 3.43. The number of carbonyl (C=O) groups excluding carboxylic acids is 2. The van der Waals surface area contributed by atoms with Crippen molar-refractivity contribution in [1.82, 2.24) is 9.80 Å². The molecule has 0 saturated carbocycles. The number of likely N-dealkylation sites (tertiary alicyclic amines) is 1. The van der Waals surface area contributed by atoms with E-state index < -0.39 is 0 Å². The van der Waals surface area contributed by atoms with Crippen molar-refractivity contribution in [1.29, 1.82) is 0 Å². The van der Waals surface area contributed by atoms with Crippen molar-refractivity contribution in [2.75, 3.05) is 19.6 Å². The van der Waals surface area contributed by atoms with E-state index in [1.165, 1.54) is 0 Å².